The number of rotatable bonds is 5. The molecule has 1 aliphatic heterocycles. The largest absolute Gasteiger partial charge is 0.493 e. The molecule has 8 nitrogen and oxygen atoms in total. The van der Waals surface area contributed by atoms with Crippen molar-refractivity contribution in [1.82, 2.24) is 0 Å². The van der Waals surface area contributed by atoms with Crippen LogP contribution in [0, 0.1) is 22.0 Å². The molecule has 0 unspecified atom stereocenters. The normalized spacial score (nSPS) is 20.4. The standard InChI is InChI=1S/C22H21N3O5/c1-29-19-12-7-14(13-20(19)30-2)21-17-5-3-4-6-18(17)22(26)24(23-21)15-8-10-16(11-9-15)25(27)28/h3-4,7-13,17-18H,5-6H2,1-2H3/t17-,18+/m1/s1. The maximum Gasteiger partial charge on any atom is 0.269 e. The lowest BCUT2D eigenvalue weighted by Gasteiger charge is -2.37. The Kier molecular flexibility index (Phi) is 5.22. The van der Waals surface area contributed by atoms with Gasteiger partial charge in [0.1, 0.15) is 0 Å². The van der Waals surface area contributed by atoms with E-state index in [0.717, 1.165) is 17.7 Å². The fourth-order valence-electron chi connectivity index (χ4n) is 3.95. The summed E-state index contributed by atoms with van der Waals surface area (Å²) >= 11 is 0. The average molecular weight is 407 g/mol. The number of carbonyl (C=O) groups excluding carboxylic acids is 1. The fraction of sp³-hybridized carbons (Fsp3) is 0.273. The predicted molar refractivity (Wildman–Crippen MR) is 112 cm³/mol. The number of nitro groups is 1. The molecule has 1 heterocycles. The molecule has 4 rings (SSSR count). The number of non-ortho nitro benzene ring substituents is 1. The van der Waals surface area contributed by atoms with Gasteiger partial charge < -0.3 is 9.47 Å². The Hall–Kier alpha value is -3.68. The molecule has 2 aliphatic rings. The van der Waals surface area contributed by atoms with Crippen LogP contribution >= 0.6 is 0 Å². The summed E-state index contributed by atoms with van der Waals surface area (Å²) in [6.45, 7) is 0. The van der Waals surface area contributed by atoms with E-state index in [0.29, 0.717) is 23.6 Å². The summed E-state index contributed by atoms with van der Waals surface area (Å²) in [6, 6.07) is 11.4. The summed E-state index contributed by atoms with van der Waals surface area (Å²) in [5, 5.41) is 17.0. The number of anilines is 1. The Bertz CT molecular complexity index is 1050. The number of fused-ring (bicyclic) bond motifs is 1. The van der Waals surface area contributed by atoms with Crippen molar-refractivity contribution in [1.29, 1.82) is 0 Å². The molecule has 0 N–H and O–H groups in total. The number of methoxy groups -OCH3 is 2. The van der Waals surface area contributed by atoms with Gasteiger partial charge in [-0.3, -0.25) is 14.9 Å². The minimum atomic E-state index is -0.470. The van der Waals surface area contributed by atoms with Crippen LogP contribution in [-0.2, 0) is 4.79 Å². The molecule has 2 aromatic rings. The Balaban J connectivity index is 1.80. The van der Waals surface area contributed by atoms with E-state index in [1.807, 2.05) is 24.3 Å². The van der Waals surface area contributed by atoms with Crippen molar-refractivity contribution >= 4 is 23.0 Å². The first-order valence-corrected chi connectivity index (χ1v) is 9.57. The van der Waals surface area contributed by atoms with Crippen LogP contribution < -0.4 is 14.5 Å². The average Bonchev–Trinajstić information content (AvgIpc) is 2.79. The number of amides is 1. The third-order valence-electron chi connectivity index (χ3n) is 5.50. The number of hydrogen-bond donors (Lipinski definition) is 0. The van der Waals surface area contributed by atoms with Crippen LogP contribution in [0.1, 0.15) is 18.4 Å². The molecule has 0 bridgehead atoms. The van der Waals surface area contributed by atoms with Crippen molar-refractivity contribution in [2.75, 3.05) is 19.2 Å². The molecule has 1 aliphatic carbocycles. The van der Waals surface area contributed by atoms with Gasteiger partial charge in [0.25, 0.3) is 11.6 Å². The minimum Gasteiger partial charge on any atom is -0.493 e. The van der Waals surface area contributed by atoms with Gasteiger partial charge in [-0.1, -0.05) is 12.2 Å². The van der Waals surface area contributed by atoms with Gasteiger partial charge in [0.2, 0.25) is 0 Å². The first kappa shape index (κ1) is 19.6. The number of nitrogens with zero attached hydrogens (tertiary/aromatic N) is 3. The molecule has 0 saturated carbocycles. The van der Waals surface area contributed by atoms with Gasteiger partial charge in [-0.05, 0) is 43.2 Å². The maximum absolute atomic E-state index is 13.2. The number of nitro benzene ring substituents is 1. The maximum atomic E-state index is 13.2. The van der Waals surface area contributed by atoms with E-state index < -0.39 is 4.92 Å². The summed E-state index contributed by atoms with van der Waals surface area (Å²) < 4.78 is 10.8. The zero-order chi connectivity index (χ0) is 21.3. The van der Waals surface area contributed by atoms with Crippen molar-refractivity contribution in [3.8, 4) is 11.5 Å². The van der Waals surface area contributed by atoms with E-state index in [1.165, 1.54) is 17.1 Å². The van der Waals surface area contributed by atoms with Crippen LogP contribution in [0.15, 0.2) is 59.7 Å². The van der Waals surface area contributed by atoms with Gasteiger partial charge in [-0.25, -0.2) is 5.01 Å². The van der Waals surface area contributed by atoms with Gasteiger partial charge in [0, 0.05) is 23.6 Å². The van der Waals surface area contributed by atoms with Crippen LogP contribution in [0.3, 0.4) is 0 Å². The molecule has 2 aromatic carbocycles. The van der Waals surface area contributed by atoms with Crippen LogP contribution in [0.5, 0.6) is 11.5 Å². The van der Waals surface area contributed by atoms with E-state index in [2.05, 4.69) is 6.08 Å². The summed E-state index contributed by atoms with van der Waals surface area (Å²) in [5.74, 6) is 0.795. The van der Waals surface area contributed by atoms with Crippen molar-refractivity contribution in [2.45, 2.75) is 12.8 Å². The lowest BCUT2D eigenvalue weighted by molar-refractivity contribution is -0.384. The summed E-state index contributed by atoms with van der Waals surface area (Å²) in [4.78, 5) is 23.7. The fourth-order valence-corrected chi connectivity index (χ4v) is 3.95. The Morgan fingerprint density at radius 2 is 1.67 bits per heavy atom. The minimum absolute atomic E-state index is 0.0363. The molecule has 154 valence electrons. The molecule has 30 heavy (non-hydrogen) atoms. The van der Waals surface area contributed by atoms with Crippen LogP contribution in [0.4, 0.5) is 11.4 Å². The Morgan fingerprint density at radius 1 is 1.00 bits per heavy atom. The molecule has 0 saturated heterocycles. The smallest absolute Gasteiger partial charge is 0.269 e. The first-order valence-electron chi connectivity index (χ1n) is 9.57. The predicted octanol–water partition coefficient (Wildman–Crippen LogP) is 3.95. The third kappa shape index (κ3) is 3.41. The van der Waals surface area contributed by atoms with Crippen molar-refractivity contribution in [3.05, 3.63) is 70.3 Å². The van der Waals surface area contributed by atoms with E-state index >= 15 is 0 Å². The molecule has 0 spiro atoms. The topological polar surface area (TPSA) is 94.3 Å². The van der Waals surface area contributed by atoms with Crippen LogP contribution in [0.2, 0.25) is 0 Å². The van der Waals surface area contributed by atoms with Crippen LogP contribution in [0.25, 0.3) is 0 Å². The molecule has 0 radical (unpaired) electrons. The Morgan fingerprint density at radius 3 is 2.30 bits per heavy atom. The number of allylic oxidation sites excluding steroid dienone is 2. The highest BCUT2D eigenvalue weighted by Crippen LogP contribution is 2.38. The van der Waals surface area contributed by atoms with Gasteiger partial charge in [-0.15, -0.1) is 0 Å². The lowest BCUT2D eigenvalue weighted by atomic mass is 9.76. The molecule has 8 heteroatoms. The number of hydrazone groups is 1. The van der Waals surface area contributed by atoms with Gasteiger partial charge >= 0.3 is 0 Å². The summed E-state index contributed by atoms with van der Waals surface area (Å²) in [7, 11) is 3.15. The second-order valence-electron chi connectivity index (χ2n) is 7.13. The highest BCUT2D eigenvalue weighted by molar-refractivity contribution is 6.11. The van der Waals surface area contributed by atoms with Gasteiger partial charge in [-0.2, -0.15) is 5.10 Å². The number of hydrogen-bond acceptors (Lipinski definition) is 6. The second kappa shape index (κ2) is 7.98. The molecule has 0 aromatic heterocycles. The van der Waals surface area contributed by atoms with Gasteiger partial charge in [0.15, 0.2) is 11.5 Å². The molecule has 2 atom stereocenters. The highest BCUT2D eigenvalue weighted by Gasteiger charge is 2.40. The van der Waals surface area contributed by atoms with E-state index in [9.17, 15) is 14.9 Å². The van der Waals surface area contributed by atoms with Crippen LogP contribution in [-0.4, -0.2) is 30.8 Å². The molecular weight excluding hydrogens is 386 g/mol. The summed E-state index contributed by atoms with van der Waals surface area (Å²) in [6.07, 6.45) is 5.44. The lowest BCUT2D eigenvalue weighted by Crippen LogP contribution is -2.45. The SMILES string of the molecule is COc1ccc(C2=NN(c3ccc([N+](=O)[O-])cc3)C(=O)[C@H]3CC=CC[C@@H]23)cc1OC. The monoisotopic (exact) mass is 407 g/mol. The Labute approximate surface area is 173 Å². The zero-order valence-corrected chi connectivity index (χ0v) is 16.6. The molecule has 1 amide bonds. The quantitative estimate of drug-likeness (QED) is 0.425. The van der Waals surface area contributed by atoms with E-state index in [4.69, 9.17) is 14.6 Å². The molecule has 0 fully saturated rings. The third-order valence-corrected chi connectivity index (χ3v) is 5.50. The zero-order valence-electron chi connectivity index (χ0n) is 16.6. The van der Waals surface area contributed by atoms with Crippen molar-refractivity contribution < 1.29 is 19.2 Å². The van der Waals surface area contributed by atoms with Crippen molar-refractivity contribution in [2.24, 2.45) is 16.9 Å². The number of carbonyl (C=O) groups is 1. The number of benzene rings is 2. The van der Waals surface area contributed by atoms with E-state index in [-0.39, 0.29) is 23.4 Å². The van der Waals surface area contributed by atoms with Gasteiger partial charge in [0.05, 0.1) is 36.5 Å². The van der Waals surface area contributed by atoms with Crippen molar-refractivity contribution in [3.63, 3.8) is 0 Å². The first-order chi connectivity index (χ1) is 14.5. The highest BCUT2D eigenvalue weighted by atomic mass is 16.6. The summed E-state index contributed by atoms with van der Waals surface area (Å²) in [5.41, 5.74) is 2.09. The van der Waals surface area contributed by atoms with E-state index in [1.54, 1.807) is 26.4 Å². The number of ether oxygens (including phenoxy) is 2. The second-order valence-corrected chi connectivity index (χ2v) is 7.13. The molecular formula is C22H21N3O5.